The number of ether oxygens (including phenoxy) is 1. The lowest BCUT2D eigenvalue weighted by Gasteiger charge is -2.44. The third kappa shape index (κ3) is 3.30. The van der Waals surface area contributed by atoms with E-state index in [4.69, 9.17) is 4.74 Å². The third-order valence-electron chi connectivity index (χ3n) is 5.92. The summed E-state index contributed by atoms with van der Waals surface area (Å²) in [7, 11) is 0. The number of piperidine rings is 1. The number of nitrogens with one attached hydrogen (secondary N) is 1. The fourth-order valence-electron chi connectivity index (χ4n) is 4.36. The topological polar surface area (TPSA) is 75.3 Å². The number of hydrogen-bond donors (Lipinski definition) is 1. The fourth-order valence-corrected chi connectivity index (χ4v) is 5.31. The van der Waals surface area contributed by atoms with Crippen LogP contribution in [0.25, 0.3) is 11.1 Å². The van der Waals surface area contributed by atoms with Crippen LogP contribution in [0.1, 0.15) is 33.6 Å². The molecule has 1 fully saturated rings. The van der Waals surface area contributed by atoms with Crippen LogP contribution in [0.3, 0.4) is 0 Å². The molecular formula is C22H21N3O3S. The number of thiophene rings is 1. The van der Waals surface area contributed by atoms with Crippen LogP contribution in [0.5, 0.6) is 0 Å². The molecule has 1 saturated heterocycles. The summed E-state index contributed by atoms with van der Waals surface area (Å²) in [6, 6.07) is 9.66. The van der Waals surface area contributed by atoms with Crippen molar-refractivity contribution < 1.29 is 9.53 Å². The van der Waals surface area contributed by atoms with Gasteiger partial charge in [-0.1, -0.05) is 12.1 Å². The van der Waals surface area contributed by atoms with Gasteiger partial charge in [0.2, 0.25) is 0 Å². The molecule has 2 aromatic heterocycles. The zero-order valence-electron chi connectivity index (χ0n) is 15.9. The lowest BCUT2D eigenvalue weighted by Crippen LogP contribution is -2.48. The van der Waals surface area contributed by atoms with Gasteiger partial charge in [0.05, 0.1) is 12.2 Å². The molecule has 1 spiro atoms. The highest BCUT2D eigenvalue weighted by Gasteiger charge is 2.42. The second-order valence-corrected chi connectivity index (χ2v) is 8.53. The summed E-state index contributed by atoms with van der Waals surface area (Å²) in [6.45, 7) is 2.12. The number of nitrogens with zero attached hydrogens (tertiary/aromatic N) is 2. The lowest BCUT2D eigenvalue weighted by atomic mass is 9.82. The summed E-state index contributed by atoms with van der Waals surface area (Å²) in [5.74, 6) is 0.0282. The molecule has 1 N–H and O–H groups in total. The van der Waals surface area contributed by atoms with E-state index in [2.05, 4.69) is 21.4 Å². The molecule has 1 aromatic carbocycles. The van der Waals surface area contributed by atoms with E-state index >= 15 is 0 Å². The Hall–Kier alpha value is -2.77. The van der Waals surface area contributed by atoms with Gasteiger partial charge < -0.3 is 14.6 Å². The SMILES string of the molecule is O=C(c1cccc(-c2cnc(=O)[nH]c2)c1)N1CCC2(CC1)OCCc1sccc12. The molecule has 0 unspecified atom stereocenters. The average Bonchev–Trinajstić information content (AvgIpc) is 3.25. The van der Waals surface area contributed by atoms with Crippen LogP contribution in [0.4, 0.5) is 0 Å². The average molecular weight is 407 g/mol. The monoisotopic (exact) mass is 407 g/mol. The standard InChI is InChI=1S/C22H21N3O3S/c26-20(16-3-1-2-15(12-16)17-13-23-21(27)24-14-17)25-8-6-22(7-9-25)18-5-11-29-19(18)4-10-28-22/h1-3,5,11-14H,4,6-10H2,(H,23,24,27). The minimum absolute atomic E-state index is 0.0282. The van der Waals surface area contributed by atoms with Crippen molar-refractivity contribution >= 4 is 17.2 Å². The molecule has 148 valence electrons. The first-order chi connectivity index (χ1) is 14.1. The summed E-state index contributed by atoms with van der Waals surface area (Å²) >= 11 is 1.81. The second kappa shape index (κ2) is 7.24. The van der Waals surface area contributed by atoms with E-state index in [1.165, 1.54) is 16.6 Å². The Morgan fingerprint density at radius 2 is 2.07 bits per heavy atom. The lowest BCUT2D eigenvalue weighted by molar-refractivity contribution is -0.0926. The molecule has 1 amide bonds. The highest BCUT2D eigenvalue weighted by molar-refractivity contribution is 7.10. The van der Waals surface area contributed by atoms with Crippen LogP contribution in [-0.4, -0.2) is 40.5 Å². The number of H-pyrrole nitrogens is 1. The predicted molar refractivity (Wildman–Crippen MR) is 111 cm³/mol. The minimum Gasteiger partial charge on any atom is -0.370 e. The Balaban J connectivity index is 1.34. The van der Waals surface area contributed by atoms with Gasteiger partial charge in [-0.25, -0.2) is 9.78 Å². The Bertz CT molecular complexity index is 1090. The maximum atomic E-state index is 13.1. The molecular weight excluding hydrogens is 386 g/mol. The molecule has 29 heavy (non-hydrogen) atoms. The molecule has 0 bridgehead atoms. The van der Waals surface area contributed by atoms with Gasteiger partial charge in [-0.05, 0) is 47.5 Å². The van der Waals surface area contributed by atoms with Crippen molar-refractivity contribution in [3.63, 3.8) is 0 Å². The van der Waals surface area contributed by atoms with Crippen molar-refractivity contribution in [2.24, 2.45) is 0 Å². The maximum absolute atomic E-state index is 13.1. The van der Waals surface area contributed by atoms with Gasteiger partial charge in [0.25, 0.3) is 5.91 Å². The van der Waals surface area contributed by atoms with Crippen molar-refractivity contribution in [2.45, 2.75) is 24.9 Å². The number of amides is 1. The molecule has 0 aliphatic carbocycles. The normalized spacial score (nSPS) is 17.9. The van der Waals surface area contributed by atoms with Gasteiger partial charge in [-0.2, -0.15) is 0 Å². The summed E-state index contributed by atoms with van der Waals surface area (Å²) in [4.78, 5) is 34.0. The number of aromatic nitrogens is 2. The van der Waals surface area contributed by atoms with E-state index < -0.39 is 0 Å². The fraction of sp³-hybridized carbons (Fsp3) is 0.318. The van der Waals surface area contributed by atoms with Crippen molar-refractivity contribution in [1.82, 2.24) is 14.9 Å². The summed E-state index contributed by atoms with van der Waals surface area (Å²) in [6.07, 6.45) is 5.77. The van der Waals surface area contributed by atoms with Crippen molar-refractivity contribution in [3.8, 4) is 11.1 Å². The molecule has 0 atom stereocenters. The summed E-state index contributed by atoms with van der Waals surface area (Å²) in [5, 5.41) is 2.15. The van der Waals surface area contributed by atoms with E-state index in [1.54, 1.807) is 6.20 Å². The Kier molecular flexibility index (Phi) is 4.56. The number of fused-ring (bicyclic) bond motifs is 2. The van der Waals surface area contributed by atoms with Crippen LogP contribution in [0.15, 0.2) is 52.9 Å². The highest BCUT2D eigenvalue weighted by Crippen LogP contribution is 2.43. The maximum Gasteiger partial charge on any atom is 0.344 e. The molecule has 0 saturated carbocycles. The zero-order valence-corrected chi connectivity index (χ0v) is 16.7. The van der Waals surface area contributed by atoms with E-state index in [9.17, 15) is 9.59 Å². The number of aromatic amines is 1. The number of hydrogen-bond acceptors (Lipinski definition) is 5. The molecule has 3 aromatic rings. The first-order valence-electron chi connectivity index (χ1n) is 9.80. The van der Waals surface area contributed by atoms with Gasteiger partial charge in [-0.3, -0.25) is 4.79 Å². The molecule has 5 rings (SSSR count). The van der Waals surface area contributed by atoms with Crippen molar-refractivity contribution in [1.29, 1.82) is 0 Å². The van der Waals surface area contributed by atoms with Gasteiger partial charge in [0, 0.05) is 47.9 Å². The Labute approximate surface area is 172 Å². The van der Waals surface area contributed by atoms with Gasteiger partial charge >= 0.3 is 5.69 Å². The van der Waals surface area contributed by atoms with E-state index in [0.717, 1.165) is 37.0 Å². The first kappa shape index (κ1) is 18.3. The third-order valence-corrected chi connectivity index (χ3v) is 6.90. The molecule has 4 heterocycles. The van der Waals surface area contributed by atoms with Crippen LogP contribution < -0.4 is 5.69 Å². The largest absolute Gasteiger partial charge is 0.370 e. The molecule has 2 aliphatic heterocycles. The van der Waals surface area contributed by atoms with Crippen molar-refractivity contribution in [3.05, 3.63) is 74.6 Å². The quantitative estimate of drug-likeness (QED) is 0.708. The smallest absolute Gasteiger partial charge is 0.344 e. The summed E-state index contributed by atoms with van der Waals surface area (Å²) < 4.78 is 6.24. The molecule has 6 nitrogen and oxygen atoms in total. The van der Waals surface area contributed by atoms with E-state index in [0.29, 0.717) is 18.7 Å². The van der Waals surface area contributed by atoms with Crippen LogP contribution in [0, 0.1) is 0 Å². The number of likely N-dealkylation sites (tertiary alicyclic amines) is 1. The van der Waals surface area contributed by atoms with Gasteiger partial charge in [-0.15, -0.1) is 11.3 Å². The number of benzene rings is 1. The number of rotatable bonds is 2. The van der Waals surface area contributed by atoms with Crippen LogP contribution in [0.2, 0.25) is 0 Å². The van der Waals surface area contributed by atoms with Gasteiger partial charge in [0.15, 0.2) is 0 Å². The first-order valence-corrected chi connectivity index (χ1v) is 10.7. The van der Waals surface area contributed by atoms with Crippen molar-refractivity contribution in [2.75, 3.05) is 19.7 Å². The van der Waals surface area contributed by atoms with Gasteiger partial charge in [0.1, 0.15) is 0 Å². The number of carbonyl (C=O) groups is 1. The zero-order chi connectivity index (χ0) is 19.8. The second-order valence-electron chi connectivity index (χ2n) is 7.53. The minimum atomic E-state index is -0.387. The predicted octanol–water partition coefficient (Wildman–Crippen LogP) is 3.20. The van der Waals surface area contributed by atoms with Crippen LogP contribution in [-0.2, 0) is 16.8 Å². The Morgan fingerprint density at radius 1 is 1.21 bits per heavy atom. The number of carbonyl (C=O) groups excluding carboxylic acids is 1. The van der Waals surface area contributed by atoms with Crippen LogP contribution >= 0.6 is 11.3 Å². The highest BCUT2D eigenvalue weighted by atomic mass is 32.1. The molecule has 2 aliphatic rings. The molecule has 0 radical (unpaired) electrons. The van der Waals surface area contributed by atoms with E-state index in [1.807, 2.05) is 40.5 Å². The summed E-state index contributed by atoms with van der Waals surface area (Å²) in [5.41, 5.74) is 2.98. The molecule has 7 heteroatoms. The van der Waals surface area contributed by atoms with E-state index in [-0.39, 0.29) is 17.2 Å². The Morgan fingerprint density at radius 3 is 2.86 bits per heavy atom.